The Kier molecular flexibility index (Phi) is 8.82. The smallest absolute Gasteiger partial charge is 0.410 e. The first-order valence-electron chi connectivity index (χ1n) is 16.0. The zero-order valence-corrected chi connectivity index (χ0v) is 28.1. The van der Waals surface area contributed by atoms with Gasteiger partial charge < -0.3 is 19.1 Å². The van der Waals surface area contributed by atoms with Crippen LogP contribution in [0.2, 0.25) is 0 Å². The Morgan fingerprint density at radius 1 is 0.851 bits per heavy atom. The van der Waals surface area contributed by atoms with E-state index in [9.17, 15) is 4.79 Å². The van der Waals surface area contributed by atoms with Crippen LogP contribution in [0.1, 0.15) is 45.7 Å². The largest absolute Gasteiger partial charge is 0.473 e. The summed E-state index contributed by atoms with van der Waals surface area (Å²) in [5.41, 5.74) is 4.80. The van der Waals surface area contributed by atoms with E-state index in [1.54, 1.807) is 0 Å². The standard InChI is InChI=1S/C38H43N5O4/c1-37(2,3)47-36(44)43-22-21-42(26-38(43,4)5)29-17-18-30-32(23-29)41(6)40-34(30)31-19-20-33(45-24-27-13-9-7-10-14-27)39-35(31)46-25-28-15-11-8-12-16-28/h7-20,23H,21-22,24-26H2,1-6H3. The van der Waals surface area contributed by atoms with Crippen molar-refractivity contribution in [1.82, 2.24) is 19.7 Å². The van der Waals surface area contributed by atoms with Crippen molar-refractivity contribution in [2.45, 2.75) is 59.0 Å². The van der Waals surface area contributed by atoms with Crippen molar-refractivity contribution in [3.8, 4) is 23.0 Å². The van der Waals surface area contributed by atoms with E-state index in [1.807, 2.05) is 110 Å². The molecule has 1 saturated heterocycles. The summed E-state index contributed by atoms with van der Waals surface area (Å²) in [5, 5.41) is 5.94. The fourth-order valence-electron chi connectivity index (χ4n) is 5.92. The molecular weight excluding hydrogens is 590 g/mol. The van der Waals surface area contributed by atoms with Crippen LogP contribution in [0.25, 0.3) is 22.2 Å². The molecule has 2 aromatic heterocycles. The molecule has 0 N–H and O–H groups in total. The molecule has 0 radical (unpaired) electrons. The lowest BCUT2D eigenvalue weighted by molar-refractivity contribution is 0.000374. The zero-order valence-electron chi connectivity index (χ0n) is 28.1. The lowest BCUT2D eigenvalue weighted by Crippen LogP contribution is -2.61. The Morgan fingerprint density at radius 3 is 2.15 bits per heavy atom. The quantitative estimate of drug-likeness (QED) is 0.174. The number of anilines is 1. The highest BCUT2D eigenvalue weighted by atomic mass is 16.6. The van der Waals surface area contributed by atoms with Crippen LogP contribution in [-0.2, 0) is 25.0 Å². The number of piperazine rings is 1. The number of fused-ring (bicyclic) bond motifs is 1. The van der Waals surface area contributed by atoms with Crippen LogP contribution in [0.4, 0.5) is 10.5 Å². The van der Waals surface area contributed by atoms with Gasteiger partial charge in [0.1, 0.15) is 24.5 Å². The van der Waals surface area contributed by atoms with E-state index >= 15 is 0 Å². The number of amides is 1. The summed E-state index contributed by atoms with van der Waals surface area (Å²) in [6.07, 6.45) is -0.274. The first-order valence-corrected chi connectivity index (χ1v) is 16.0. The molecule has 0 bridgehead atoms. The normalized spacial score (nSPS) is 14.7. The highest BCUT2D eigenvalue weighted by molar-refractivity contribution is 5.96. The van der Waals surface area contributed by atoms with Crippen LogP contribution in [0.15, 0.2) is 91.0 Å². The monoisotopic (exact) mass is 633 g/mol. The molecule has 244 valence electrons. The van der Waals surface area contributed by atoms with Crippen molar-refractivity contribution in [2.24, 2.45) is 7.05 Å². The summed E-state index contributed by atoms with van der Waals surface area (Å²) in [6, 6.07) is 30.3. The lowest BCUT2D eigenvalue weighted by atomic mass is 9.98. The molecule has 0 unspecified atom stereocenters. The molecule has 5 aromatic rings. The number of rotatable bonds is 8. The van der Waals surface area contributed by atoms with Crippen molar-refractivity contribution in [1.29, 1.82) is 0 Å². The number of hydrogen-bond acceptors (Lipinski definition) is 7. The zero-order chi connectivity index (χ0) is 33.2. The second-order valence-corrected chi connectivity index (χ2v) is 13.6. The minimum Gasteiger partial charge on any atom is -0.473 e. The van der Waals surface area contributed by atoms with Gasteiger partial charge in [-0.15, -0.1) is 0 Å². The first-order chi connectivity index (χ1) is 22.5. The second kappa shape index (κ2) is 13.0. The lowest BCUT2D eigenvalue weighted by Gasteiger charge is -2.47. The Hall–Kier alpha value is -5.05. The Balaban J connectivity index is 1.27. The van der Waals surface area contributed by atoms with Crippen molar-refractivity contribution in [3.63, 3.8) is 0 Å². The number of aromatic nitrogens is 3. The topological polar surface area (TPSA) is 82.0 Å². The van der Waals surface area contributed by atoms with Crippen LogP contribution in [-0.4, -0.2) is 56.5 Å². The third-order valence-corrected chi connectivity index (χ3v) is 8.25. The number of benzene rings is 3. The molecule has 0 spiro atoms. The van der Waals surface area contributed by atoms with Gasteiger partial charge in [-0.25, -0.2) is 4.79 Å². The summed E-state index contributed by atoms with van der Waals surface area (Å²) in [5.74, 6) is 0.944. The number of ether oxygens (including phenoxy) is 3. The van der Waals surface area contributed by atoms with Gasteiger partial charge in [0.05, 0.1) is 16.6 Å². The summed E-state index contributed by atoms with van der Waals surface area (Å²) in [7, 11) is 1.95. The van der Waals surface area contributed by atoms with Crippen LogP contribution in [0, 0.1) is 0 Å². The minimum absolute atomic E-state index is 0.274. The first kappa shape index (κ1) is 31.9. The van der Waals surface area contributed by atoms with Gasteiger partial charge in [-0.3, -0.25) is 9.58 Å². The summed E-state index contributed by atoms with van der Waals surface area (Å²) in [4.78, 5) is 21.9. The molecule has 1 fully saturated rings. The van der Waals surface area contributed by atoms with Gasteiger partial charge in [-0.05, 0) is 70.0 Å². The molecule has 0 aliphatic carbocycles. The molecular formula is C38H43N5O4. The number of carbonyl (C=O) groups excluding carboxylic acids is 1. The SMILES string of the molecule is Cn1nc(-c2ccc(OCc3ccccc3)nc2OCc2ccccc2)c2ccc(N3CCN(C(=O)OC(C)(C)C)C(C)(C)C3)cc21. The maximum absolute atomic E-state index is 13.0. The Labute approximate surface area is 276 Å². The highest BCUT2D eigenvalue weighted by Crippen LogP contribution is 2.37. The van der Waals surface area contributed by atoms with Gasteiger partial charge in [-0.1, -0.05) is 60.7 Å². The molecule has 0 atom stereocenters. The van der Waals surface area contributed by atoms with Crippen LogP contribution in [0.5, 0.6) is 11.8 Å². The fourth-order valence-corrected chi connectivity index (χ4v) is 5.92. The molecule has 3 heterocycles. The summed E-state index contributed by atoms with van der Waals surface area (Å²) in [6.45, 7) is 12.6. The Morgan fingerprint density at radius 2 is 1.51 bits per heavy atom. The van der Waals surface area contributed by atoms with Gasteiger partial charge >= 0.3 is 6.09 Å². The number of nitrogens with zero attached hydrogens (tertiary/aromatic N) is 5. The average Bonchev–Trinajstić information content (AvgIpc) is 3.37. The molecule has 9 nitrogen and oxygen atoms in total. The van der Waals surface area contributed by atoms with Gasteiger partial charge in [0, 0.05) is 43.8 Å². The maximum Gasteiger partial charge on any atom is 0.410 e. The minimum atomic E-state index is -0.538. The molecule has 9 heteroatoms. The van der Waals surface area contributed by atoms with Crippen molar-refractivity contribution in [3.05, 3.63) is 102 Å². The van der Waals surface area contributed by atoms with Crippen molar-refractivity contribution >= 4 is 22.7 Å². The van der Waals surface area contributed by atoms with Crippen LogP contribution >= 0.6 is 0 Å². The number of pyridine rings is 1. The van der Waals surface area contributed by atoms with E-state index < -0.39 is 11.1 Å². The third kappa shape index (κ3) is 7.35. The predicted molar refractivity (Wildman–Crippen MR) is 185 cm³/mol. The van der Waals surface area contributed by atoms with Crippen LogP contribution in [0.3, 0.4) is 0 Å². The third-order valence-electron chi connectivity index (χ3n) is 8.25. The van der Waals surface area contributed by atoms with Crippen molar-refractivity contribution < 1.29 is 19.0 Å². The summed E-state index contributed by atoms with van der Waals surface area (Å²) >= 11 is 0. The van der Waals surface area contributed by atoms with Gasteiger partial charge in [-0.2, -0.15) is 10.1 Å². The van der Waals surface area contributed by atoms with E-state index in [2.05, 4.69) is 36.9 Å². The van der Waals surface area contributed by atoms with Crippen LogP contribution < -0.4 is 14.4 Å². The van der Waals surface area contributed by atoms with E-state index in [0.29, 0.717) is 44.6 Å². The average molecular weight is 634 g/mol. The van der Waals surface area contributed by atoms with E-state index in [4.69, 9.17) is 24.3 Å². The molecule has 1 aliphatic rings. The van der Waals surface area contributed by atoms with E-state index in [-0.39, 0.29) is 6.09 Å². The molecule has 47 heavy (non-hydrogen) atoms. The molecule has 3 aromatic carbocycles. The molecule has 0 saturated carbocycles. The van der Waals surface area contributed by atoms with Gasteiger partial charge in [0.2, 0.25) is 11.8 Å². The number of aryl methyl sites for hydroxylation is 1. The van der Waals surface area contributed by atoms with Crippen molar-refractivity contribution in [2.75, 3.05) is 24.5 Å². The van der Waals surface area contributed by atoms with Gasteiger partial charge in [0.15, 0.2) is 0 Å². The van der Waals surface area contributed by atoms with Gasteiger partial charge in [0.25, 0.3) is 0 Å². The number of carbonyl (C=O) groups is 1. The number of hydrogen-bond donors (Lipinski definition) is 0. The molecule has 1 aliphatic heterocycles. The molecule has 6 rings (SSSR count). The molecule has 1 amide bonds. The Bertz CT molecular complexity index is 1850. The predicted octanol–water partition coefficient (Wildman–Crippen LogP) is 7.63. The van der Waals surface area contributed by atoms with E-state index in [0.717, 1.165) is 39.0 Å². The fraction of sp³-hybridized carbons (Fsp3) is 0.342. The summed E-state index contributed by atoms with van der Waals surface area (Å²) < 4.78 is 20.0. The second-order valence-electron chi connectivity index (χ2n) is 13.6. The maximum atomic E-state index is 13.0. The highest BCUT2D eigenvalue weighted by Gasteiger charge is 2.39. The van der Waals surface area contributed by atoms with E-state index in [1.165, 1.54) is 0 Å².